The van der Waals surface area contributed by atoms with E-state index in [1.165, 1.54) is 6.20 Å². The number of fused-ring (bicyclic) bond motifs is 1. The molecule has 0 aromatic carbocycles. The zero-order chi connectivity index (χ0) is 20.1. The fourth-order valence-electron chi connectivity index (χ4n) is 3.55. The van der Waals surface area contributed by atoms with Gasteiger partial charge in [0.2, 0.25) is 5.91 Å². The van der Waals surface area contributed by atoms with Crippen LogP contribution in [0.1, 0.15) is 42.1 Å². The van der Waals surface area contributed by atoms with Crippen LogP contribution >= 0.6 is 0 Å². The molecule has 5 rings (SSSR count). The highest BCUT2D eigenvalue weighted by molar-refractivity contribution is 6.11. The van der Waals surface area contributed by atoms with Gasteiger partial charge in [-0.1, -0.05) is 0 Å². The third-order valence-electron chi connectivity index (χ3n) is 5.52. The molecule has 148 valence electrons. The summed E-state index contributed by atoms with van der Waals surface area (Å²) in [4.78, 5) is 44.3. The van der Waals surface area contributed by atoms with Gasteiger partial charge in [-0.15, -0.1) is 0 Å². The summed E-state index contributed by atoms with van der Waals surface area (Å²) < 4.78 is 1.76. The number of rotatable bonds is 5. The molecule has 2 amide bonds. The number of amides is 2. The lowest BCUT2D eigenvalue weighted by Crippen LogP contribution is -2.19. The van der Waals surface area contributed by atoms with Crippen molar-refractivity contribution in [1.29, 1.82) is 0 Å². The Kier molecular flexibility index (Phi) is 4.01. The standard InChI is InChI=1S/C21H21N5O3/c1-22-21(29)15-9-23-19(25-20(28)11-2-3-11)18-14(15)8-16(24-18)12-4-7-17(27)26(10-12)13-5-6-13/h4,7-11,13,24H,2-3,5-6H2,1H3,(H,22,29)(H,23,25,28). The SMILES string of the molecule is CNC(=O)c1cnc(NC(=O)C2CC2)c2[nH]c(-c3ccc(=O)n(C4CC4)c3)cc12. The van der Waals surface area contributed by atoms with Crippen molar-refractivity contribution in [3.63, 3.8) is 0 Å². The summed E-state index contributed by atoms with van der Waals surface area (Å²) >= 11 is 0. The molecule has 2 saturated carbocycles. The molecule has 0 bridgehead atoms. The average molecular weight is 391 g/mol. The summed E-state index contributed by atoms with van der Waals surface area (Å²) in [6.07, 6.45) is 7.14. The molecule has 0 radical (unpaired) electrons. The van der Waals surface area contributed by atoms with Gasteiger partial charge in [0.1, 0.15) is 0 Å². The van der Waals surface area contributed by atoms with E-state index in [0.29, 0.717) is 22.3 Å². The first kappa shape index (κ1) is 17.7. The number of hydrogen-bond acceptors (Lipinski definition) is 4. The molecule has 3 aromatic heterocycles. The Morgan fingerprint density at radius 2 is 2.00 bits per heavy atom. The minimum absolute atomic E-state index is 0.0162. The number of H-pyrrole nitrogens is 1. The first-order chi connectivity index (χ1) is 14.0. The fraction of sp³-hybridized carbons (Fsp3) is 0.333. The second-order valence-corrected chi connectivity index (χ2v) is 7.73. The van der Waals surface area contributed by atoms with Crippen molar-refractivity contribution in [3.05, 3.63) is 46.5 Å². The van der Waals surface area contributed by atoms with Crippen LogP contribution in [0, 0.1) is 5.92 Å². The van der Waals surface area contributed by atoms with Crippen LogP contribution in [0.25, 0.3) is 22.2 Å². The Hall–Kier alpha value is -3.42. The first-order valence-electron chi connectivity index (χ1n) is 9.82. The van der Waals surface area contributed by atoms with E-state index in [-0.39, 0.29) is 29.3 Å². The molecule has 3 heterocycles. The van der Waals surface area contributed by atoms with Crippen LogP contribution in [0.5, 0.6) is 0 Å². The Morgan fingerprint density at radius 3 is 2.69 bits per heavy atom. The zero-order valence-electron chi connectivity index (χ0n) is 16.0. The van der Waals surface area contributed by atoms with Crippen molar-refractivity contribution in [3.8, 4) is 11.3 Å². The lowest BCUT2D eigenvalue weighted by Gasteiger charge is -2.07. The van der Waals surface area contributed by atoms with Crippen LogP contribution in [0.2, 0.25) is 0 Å². The van der Waals surface area contributed by atoms with E-state index in [4.69, 9.17) is 0 Å². The van der Waals surface area contributed by atoms with E-state index in [9.17, 15) is 14.4 Å². The Labute approximate surface area is 166 Å². The quantitative estimate of drug-likeness (QED) is 0.621. The Bertz CT molecular complexity index is 1200. The highest BCUT2D eigenvalue weighted by atomic mass is 16.2. The molecular formula is C21H21N5O3. The number of hydrogen-bond donors (Lipinski definition) is 3. The van der Waals surface area contributed by atoms with Crippen molar-refractivity contribution in [2.45, 2.75) is 31.7 Å². The van der Waals surface area contributed by atoms with Crippen LogP contribution in [-0.4, -0.2) is 33.4 Å². The van der Waals surface area contributed by atoms with Crippen molar-refractivity contribution >= 4 is 28.5 Å². The molecule has 0 unspecified atom stereocenters. The number of anilines is 1. The Balaban J connectivity index is 1.63. The van der Waals surface area contributed by atoms with Crippen LogP contribution in [-0.2, 0) is 4.79 Å². The number of aromatic amines is 1. The lowest BCUT2D eigenvalue weighted by molar-refractivity contribution is -0.117. The van der Waals surface area contributed by atoms with Gasteiger partial charge in [0.15, 0.2) is 5.82 Å². The highest BCUT2D eigenvalue weighted by Crippen LogP contribution is 2.36. The topological polar surface area (TPSA) is 109 Å². The first-order valence-corrected chi connectivity index (χ1v) is 9.82. The molecule has 0 spiro atoms. The van der Waals surface area contributed by atoms with Crippen molar-refractivity contribution in [2.24, 2.45) is 5.92 Å². The number of aromatic nitrogens is 3. The van der Waals surface area contributed by atoms with Gasteiger partial charge in [-0.05, 0) is 37.8 Å². The molecule has 2 fully saturated rings. The minimum atomic E-state index is -0.254. The number of carbonyl (C=O) groups excluding carboxylic acids is 2. The maximum absolute atomic E-state index is 12.3. The largest absolute Gasteiger partial charge is 0.355 e. The number of carbonyl (C=O) groups is 2. The number of pyridine rings is 2. The monoisotopic (exact) mass is 391 g/mol. The molecule has 0 atom stereocenters. The zero-order valence-corrected chi connectivity index (χ0v) is 16.0. The van der Waals surface area contributed by atoms with E-state index in [1.54, 1.807) is 23.7 Å². The van der Waals surface area contributed by atoms with E-state index in [2.05, 4.69) is 20.6 Å². The molecule has 8 nitrogen and oxygen atoms in total. The summed E-state index contributed by atoms with van der Waals surface area (Å²) in [5, 5.41) is 6.17. The van der Waals surface area contributed by atoms with Crippen LogP contribution in [0.3, 0.4) is 0 Å². The maximum Gasteiger partial charge on any atom is 0.253 e. The van der Waals surface area contributed by atoms with Crippen LogP contribution in [0.4, 0.5) is 5.82 Å². The molecule has 0 saturated heterocycles. The predicted octanol–water partition coefficient (Wildman–Crippen LogP) is 2.43. The second kappa shape index (κ2) is 6.58. The summed E-state index contributed by atoms with van der Waals surface area (Å²) in [5.74, 6) is 0.148. The summed E-state index contributed by atoms with van der Waals surface area (Å²) in [6, 6.07) is 5.46. The number of nitrogens with zero attached hydrogens (tertiary/aromatic N) is 2. The maximum atomic E-state index is 12.3. The fourth-order valence-corrected chi connectivity index (χ4v) is 3.55. The van der Waals surface area contributed by atoms with Gasteiger partial charge in [0, 0.05) is 54.1 Å². The molecule has 8 heteroatoms. The summed E-state index contributed by atoms with van der Waals surface area (Å²) in [7, 11) is 1.57. The van der Waals surface area contributed by atoms with E-state index in [1.807, 2.05) is 12.3 Å². The summed E-state index contributed by atoms with van der Waals surface area (Å²) in [6.45, 7) is 0. The van der Waals surface area contributed by atoms with E-state index in [0.717, 1.165) is 36.9 Å². The van der Waals surface area contributed by atoms with Gasteiger partial charge in [0.25, 0.3) is 11.5 Å². The highest BCUT2D eigenvalue weighted by Gasteiger charge is 2.30. The van der Waals surface area contributed by atoms with Gasteiger partial charge in [-0.3, -0.25) is 14.4 Å². The van der Waals surface area contributed by atoms with Crippen LogP contribution < -0.4 is 16.2 Å². The lowest BCUT2D eigenvalue weighted by atomic mass is 10.1. The Morgan fingerprint density at radius 1 is 1.21 bits per heavy atom. The molecule has 2 aliphatic carbocycles. The smallest absolute Gasteiger partial charge is 0.253 e. The molecule has 0 aliphatic heterocycles. The molecule has 3 N–H and O–H groups in total. The normalized spacial score (nSPS) is 16.0. The van der Waals surface area contributed by atoms with Crippen molar-refractivity contribution < 1.29 is 9.59 Å². The molecule has 3 aromatic rings. The van der Waals surface area contributed by atoms with Gasteiger partial charge in [0.05, 0.1) is 11.1 Å². The molecular weight excluding hydrogens is 370 g/mol. The van der Waals surface area contributed by atoms with Gasteiger partial charge >= 0.3 is 0 Å². The van der Waals surface area contributed by atoms with Gasteiger partial charge in [-0.25, -0.2) is 4.98 Å². The minimum Gasteiger partial charge on any atom is -0.355 e. The van der Waals surface area contributed by atoms with Crippen LogP contribution in [0.15, 0.2) is 35.4 Å². The van der Waals surface area contributed by atoms with Gasteiger partial charge in [-0.2, -0.15) is 0 Å². The van der Waals surface area contributed by atoms with E-state index >= 15 is 0 Å². The third kappa shape index (κ3) is 3.20. The van der Waals surface area contributed by atoms with Gasteiger partial charge < -0.3 is 20.2 Å². The number of nitrogens with one attached hydrogen (secondary N) is 3. The molecule has 29 heavy (non-hydrogen) atoms. The predicted molar refractivity (Wildman–Crippen MR) is 109 cm³/mol. The summed E-state index contributed by atoms with van der Waals surface area (Å²) in [5.41, 5.74) is 2.60. The van der Waals surface area contributed by atoms with Crippen molar-refractivity contribution in [2.75, 3.05) is 12.4 Å². The average Bonchev–Trinajstić information content (AvgIpc) is 3.64. The third-order valence-corrected chi connectivity index (χ3v) is 5.52. The second-order valence-electron chi connectivity index (χ2n) is 7.73. The van der Waals surface area contributed by atoms with E-state index < -0.39 is 0 Å². The molecule has 2 aliphatic rings. The van der Waals surface area contributed by atoms with Crippen molar-refractivity contribution in [1.82, 2.24) is 19.9 Å².